The van der Waals surface area contributed by atoms with E-state index in [2.05, 4.69) is 5.32 Å². The molecular weight excluding hydrogens is 323 g/mol. The summed E-state index contributed by atoms with van der Waals surface area (Å²) in [6.07, 6.45) is -1.90. The highest BCUT2D eigenvalue weighted by Crippen LogP contribution is 2.29. The second-order valence-corrected chi connectivity index (χ2v) is 4.83. The van der Waals surface area contributed by atoms with Crippen molar-refractivity contribution in [2.75, 3.05) is 5.32 Å². The van der Waals surface area contributed by atoms with Crippen LogP contribution in [0.3, 0.4) is 0 Å². The molecule has 0 atom stereocenters. The Hall–Kier alpha value is -3.09. The molecule has 2 N–H and O–H groups in total. The number of anilines is 1. The van der Waals surface area contributed by atoms with Crippen LogP contribution in [0.25, 0.3) is 6.08 Å². The summed E-state index contributed by atoms with van der Waals surface area (Å²) in [7, 11) is 0. The topological polar surface area (TPSA) is 66.4 Å². The molecule has 2 aromatic rings. The maximum atomic E-state index is 12.4. The van der Waals surface area contributed by atoms with Crippen LogP contribution in [0.5, 0.6) is 0 Å². The monoisotopic (exact) mass is 335 g/mol. The van der Waals surface area contributed by atoms with E-state index >= 15 is 0 Å². The smallest absolute Gasteiger partial charge is 0.416 e. The number of aromatic carboxylic acids is 1. The Labute approximate surface area is 135 Å². The molecule has 1 amide bonds. The first kappa shape index (κ1) is 17.3. The van der Waals surface area contributed by atoms with Gasteiger partial charge in [-0.05, 0) is 42.0 Å². The summed E-state index contributed by atoms with van der Waals surface area (Å²) in [5, 5.41) is 11.3. The number of rotatable bonds is 4. The number of benzene rings is 2. The molecule has 0 aliphatic rings. The van der Waals surface area contributed by atoms with Gasteiger partial charge in [0.05, 0.1) is 11.1 Å². The molecule has 0 saturated carbocycles. The van der Waals surface area contributed by atoms with Gasteiger partial charge in [-0.15, -0.1) is 0 Å². The number of amides is 1. The molecule has 0 radical (unpaired) electrons. The molecule has 0 spiro atoms. The maximum absolute atomic E-state index is 12.4. The highest BCUT2D eigenvalue weighted by Gasteiger charge is 2.29. The minimum Gasteiger partial charge on any atom is -0.478 e. The Morgan fingerprint density at radius 2 is 1.71 bits per heavy atom. The van der Waals surface area contributed by atoms with E-state index in [0.717, 1.165) is 18.2 Å². The van der Waals surface area contributed by atoms with Crippen molar-refractivity contribution in [2.45, 2.75) is 6.18 Å². The lowest BCUT2D eigenvalue weighted by molar-refractivity contribution is -0.137. The lowest BCUT2D eigenvalue weighted by Gasteiger charge is -2.06. The third-order valence-corrected chi connectivity index (χ3v) is 3.04. The first-order chi connectivity index (χ1) is 11.3. The van der Waals surface area contributed by atoms with Gasteiger partial charge in [-0.3, -0.25) is 4.79 Å². The van der Waals surface area contributed by atoms with Crippen molar-refractivity contribution in [1.29, 1.82) is 0 Å². The number of halogens is 3. The van der Waals surface area contributed by atoms with Gasteiger partial charge in [-0.2, -0.15) is 13.2 Å². The highest BCUT2D eigenvalue weighted by atomic mass is 19.4. The predicted molar refractivity (Wildman–Crippen MR) is 82.5 cm³/mol. The summed E-state index contributed by atoms with van der Waals surface area (Å²) in [6, 6.07) is 10.0. The van der Waals surface area contributed by atoms with E-state index in [1.165, 1.54) is 42.5 Å². The van der Waals surface area contributed by atoms with Crippen molar-refractivity contribution in [2.24, 2.45) is 0 Å². The van der Waals surface area contributed by atoms with Gasteiger partial charge in [-0.25, -0.2) is 4.79 Å². The fourth-order valence-electron chi connectivity index (χ4n) is 1.87. The summed E-state index contributed by atoms with van der Waals surface area (Å²) >= 11 is 0. The van der Waals surface area contributed by atoms with Crippen molar-refractivity contribution in [3.63, 3.8) is 0 Å². The van der Waals surface area contributed by atoms with Crippen LogP contribution < -0.4 is 5.32 Å². The lowest BCUT2D eigenvalue weighted by Crippen LogP contribution is -2.08. The summed E-state index contributed by atoms with van der Waals surface area (Å²) in [6.45, 7) is 0. The fraction of sp³-hybridized carbons (Fsp3) is 0.0588. The van der Waals surface area contributed by atoms with E-state index in [0.29, 0.717) is 11.3 Å². The molecular formula is C17H12F3NO3. The van der Waals surface area contributed by atoms with E-state index in [9.17, 15) is 22.8 Å². The van der Waals surface area contributed by atoms with Gasteiger partial charge in [0.25, 0.3) is 0 Å². The number of nitrogens with one attached hydrogen (secondary N) is 1. The zero-order valence-corrected chi connectivity index (χ0v) is 12.2. The van der Waals surface area contributed by atoms with Gasteiger partial charge in [0.15, 0.2) is 0 Å². The van der Waals surface area contributed by atoms with Crippen LogP contribution in [0.4, 0.5) is 18.9 Å². The number of carbonyl (C=O) groups is 2. The third-order valence-electron chi connectivity index (χ3n) is 3.04. The van der Waals surface area contributed by atoms with Gasteiger partial charge in [0.2, 0.25) is 5.91 Å². The summed E-state index contributed by atoms with van der Waals surface area (Å²) in [4.78, 5) is 22.6. The van der Waals surface area contributed by atoms with Crippen LogP contribution >= 0.6 is 0 Å². The zero-order valence-electron chi connectivity index (χ0n) is 12.2. The Kier molecular flexibility index (Phi) is 5.03. The molecule has 2 aromatic carbocycles. The molecule has 0 aliphatic heterocycles. The van der Waals surface area contributed by atoms with Gasteiger partial charge < -0.3 is 10.4 Å². The van der Waals surface area contributed by atoms with E-state index in [-0.39, 0.29) is 5.56 Å². The Balaban J connectivity index is 2.03. The Morgan fingerprint density at radius 3 is 2.29 bits per heavy atom. The molecule has 0 aliphatic carbocycles. The Morgan fingerprint density at radius 1 is 1.04 bits per heavy atom. The van der Waals surface area contributed by atoms with Crippen molar-refractivity contribution in [3.05, 3.63) is 71.3 Å². The number of hydrogen-bond donors (Lipinski definition) is 2. The van der Waals surface area contributed by atoms with Gasteiger partial charge in [0.1, 0.15) is 0 Å². The maximum Gasteiger partial charge on any atom is 0.416 e. The quantitative estimate of drug-likeness (QED) is 0.828. The number of carboxylic acid groups (broad SMARTS) is 1. The molecule has 0 bridgehead atoms. The number of carbonyl (C=O) groups excluding carboxylic acids is 1. The van der Waals surface area contributed by atoms with Crippen LogP contribution in [0.2, 0.25) is 0 Å². The average Bonchev–Trinajstić information content (AvgIpc) is 2.53. The minimum absolute atomic E-state index is 0.0273. The third kappa shape index (κ3) is 4.70. The van der Waals surface area contributed by atoms with Crippen LogP contribution in [0.15, 0.2) is 54.6 Å². The molecule has 0 saturated heterocycles. The van der Waals surface area contributed by atoms with E-state index < -0.39 is 23.6 Å². The summed E-state index contributed by atoms with van der Waals surface area (Å²) < 4.78 is 37.3. The molecule has 0 heterocycles. The fourth-order valence-corrected chi connectivity index (χ4v) is 1.87. The Bertz CT molecular complexity index is 780. The second kappa shape index (κ2) is 6.99. The summed E-state index contributed by atoms with van der Waals surface area (Å²) in [5.41, 5.74) is -0.0106. The van der Waals surface area contributed by atoms with Gasteiger partial charge >= 0.3 is 12.1 Å². The predicted octanol–water partition coefficient (Wildman–Crippen LogP) is 4.06. The number of hydrogen-bond acceptors (Lipinski definition) is 2. The van der Waals surface area contributed by atoms with E-state index in [4.69, 9.17) is 5.11 Å². The molecule has 0 fully saturated rings. The number of alkyl halides is 3. The average molecular weight is 335 g/mol. The van der Waals surface area contributed by atoms with Crippen molar-refractivity contribution >= 4 is 23.6 Å². The summed E-state index contributed by atoms with van der Waals surface area (Å²) in [5.74, 6) is -1.65. The van der Waals surface area contributed by atoms with Crippen molar-refractivity contribution in [1.82, 2.24) is 0 Å². The van der Waals surface area contributed by atoms with E-state index in [1.807, 2.05) is 0 Å². The number of carboxylic acids is 1. The first-order valence-electron chi connectivity index (χ1n) is 6.75. The first-order valence-corrected chi connectivity index (χ1v) is 6.75. The molecule has 2 rings (SSSR count). The lowest BCUT2D eigenvalue weighted by atomic mass is 10.1. The van der Waals surface area contributed by atoms with Crippen LogP contribution in [-0.2, 0) is 11.0 Å². The van der Waals surface area contributed by atoms with Crippen LogP contribution in [0.1, 0.15) is 21.5 Å². The molecule has 124 valence electrons. The molecule has 0 unspecified atom stereocenters. The second-order valence-electron chi connectivity index (χ2n) is 4.83. The molecule has 0 aromatic heterocycles. The van der Waals surface area contributed by atoms with Gasteiger partial charge in [0, 0.05) is 11.8 Å². The van der Waals surface area contributed by atoms with Gasteiger partial charge in [-0.1, -0.05) is 18.2 Å². The van der Waals surface area contributed by atoms with Crippen molar-refractivity contribution in [3.8, 4) is 0 Å². The van der Waals surface area contributed by atoms with Crippen LogP contribution in [-0.4, -0.2) is 17.0 Å². The largest absolute Gasteiger partial charge is 0.478 e. The van der Waals surface area contributed by atoms with Crippen molar-refractivity contribution < 1.29 is 27.9 Å². The SMILES string of the molecule is O=C(C=Cc1ccc(C(F)(F)F)cc1)Nc1cccc(C(=O)O)c1. The molecule has 7 heteroatoms. The highest BCUT2D eigenvalue weighted by molar-refractivity contribution is 6.02. The minimum atomic E-state index is -4.41. The normalized spacial score (nSPS) is 11.5. The standard InChI is InChI=1S/C17H12F3NO3/c18-17(19,20)13-7-4-11(5-8-13)6-9-15(22)21-14-3-1-2-12(10-14)16(23)24/h1-10H,(H,21,22)(H,23,24). The van der Waals surface area contributed by atoms with Crippen LogP contribution in [0, 0.1) is 0 Å². The van der Waals surface area contributed by atoms with E-state index in [1.54, 1.807) is 0 Å². The molecule has 4 nitrogen and oxygen atoms in total. The molecule has 24 heavy (non-hydrogen) atoms. The zero-order chi connectivity index (χ0) is 17.7.